The van der Waals surface area contributed by atoms with Crippen LogP contribution < -0.4 is 15.6 Å². The minimum absolute atomic E-state index is 0.256. The van der Waals surface area contributed by atoms with Crippen LogP contribution in [0.3, 0.4) is 0 Å². The molecule has 126 valence electrons. The zero-order valence-electron chi connectivity index (χ0n) is 13.2. The number of hydrogen-bond acceptors (Lipinski definition) is 3. The third-order valence-corrected chi connectivity index (χ3v) is 3.47. The molecule has 2 aromatic carbocycles. The van der Waals surface area contributed by atoms with Gasteiger partial charge in [-0.15, -0.1) is 0 Å². The summed E-state index contributed by atoms with van der Waals surface area (Å²) in [5.74, 6) is 0.562. The number of carbonyl (C=O) groups excluding carboxylic acids is 1. The highest BCUT2D eigenvalue weighted by molar-refractivity contribution is 5.93. The molecule has 6 heteroatoms. The predicted molar refractivity (Wildman–Crippen MR) is 91.1 cm³/mol. The molecule has 3 aromatic rings. The normalized spacial score (nSPS) is 10.3. The summed E-state index contributed by atoms with van der Waals surface area (Å²) in [5, 5.41) is 2.77. The van der Waals surface area contributed by atoms with E-state index in [-0.39, 0.29) is 17.3 Å². The largest absolute Gasteiger partial charge is 0.457 e. The lowest BCUT2D eigenvalue weighted by Crippen LogP contribution is -2.23. The van der Waals surface area contributed by atoms with Gasteiger partial charge in [-0.2, -0.15) is 0 Å². The predicted octanol–water partition coefficient (Wildman–Crippen LogP) is 3.24. The first-order valence-electron chi connectivity index (χ1n) is 7.59. The van der Waals surface area contributed by atoms with Crippen molar-refractivity contribution in [3.63, 3.8) is 0 Å². The first-order chi connectivity index (χ1) is 12.1. The number of amides is 1. The zero-order valence-corrected chi connectivity index (χ0v) is 13.2. The Morgan fingerprint density at radius 2 is 1.60 bits per heavy atom. The van der Waals surface area contributed by atoms with Gasteiger partial charge >= 0.3 is 0 Å². The van der Waals surface area contributed by atoms with Crippen LogP contribution in [0.1, 0.15) is 15.9 Å². The van der Waals surface area contributed by atoms with Crippen LogP contribution >= 0.6 is 0 Å². The van der Waals surface area contributed by atoms with E-state index in [9.17, 15) is 14.0 Å². The van der Waals surface area contributed by atoms with Crippen molar-refractivity contribution in [1.29, 1.82) is 0 Å². The molecular weight excluding hydrogens is 323 g/mol. The smallest absolute Gasteiger partial charge is 0.253 e. The molecular formula is C19H15FN2O3. The first-order valence-corrected chi connectivity index (χ1v) is 7.59. The second-order valence-electron chi connectivity index (χ2n) is 5.32. The highest BCUT2D eigenvalue weighted by Crippen LogP contribution is 2.21. The number of aromatic amines is 1. The summed E-state index contributed by atoms with van der Waals surface area (Å²) in [5.41, 5.74) is 1.02. The molecule has 25 heavy (non-hydrogen) atoms. The van der Waals surface area contributed by atoms with Gasteiger partial charge in [0.1, 0.15) is 17.3 Å². The molecule has 0 atom stereocenters. The van der Waals surface area contributed by atoms with Crippen LogP contribution in [0.5, 0.6) is 11.5 Å². The number of H-pyrrole nitrogens is 1. The van der Waals surface area contributed by atoms with Gasteiger partial charge in [0, 0.05) is 18.8 Å². The average Bonchev–Trinajstić information content (AvgIpc) is 2.63. The van der Waals surface area contributed by atoms with Gasteiger partial charge in [0.25, 0.3) is 5.91 Å². The number of pyridine rings is 1. The number of ether oxygens (including phenoxy) is 1. The van der Waals surface area contributed by atoms with E-state index < -0.39 is 0 Å². The Morgan fingerprint density at radius 3 is 2.20 bits per heavy atom. The molecule has 0 saturated heterocycles. The Morgan fingerprint density at radius 1 is 0.960 bits per heavy atom. The van der Waals surface area contributed by atoms with E-state index >= 15 is 0 Å². The number of rotatable bonds is 5. The Kier molecular flexibility index (Phi) is 4.89. The van der Waals surface area contributed by atoms with E-state index in [0.29, 0.717) is 23.6 Å². The number of hydrogen-bond donors (Lipinski definition) is 2. The molecule has 3 rings (SSSR count). The zero-order chi connectivity index (χ0) is 17.6. The van der Waals surface area contributed by atoms with Gasteiger partial charge in [-0.3, -0.25) is 9.59 Å². The third-order valence-electron chi connectivity index (χ3n) is 3.47. The van der Waals surface area contributed by atoms with Crippen LogP contribution in [0.4, 0.5) is 4.39 Å². The van der Waals surface area contributed by atoms with E-state index in [1.54, 1.807) is 24.3 Å². The number of aromatic nitrogens is 1. The molecule has 0 radical (unpaired) electrons. The van der Waals surface area contributed by atoms with Gasteiger partial charge in [0.15, 0.2) is 0 Å². The topological polar surface area (TPSA) is 71.2 Å². The molecule has 5 nitrogen and oxygen atoms in total. The van der Waals surface area contributed by atoms with Crippen LogP contribution in [0.2, 0.25) is 0 Å². The molecule has 0 saturated carbocycles. The minimum Gasteiger partial charge on any atom is -0.457 e. The monoisotopic (exact) mass is 338 g/mol. The summed E-state index contributed by atoms with van der Waals surface area (Å²) < 4.78 is 18.5. The summed E-state index contributed by atoms with van der Waals surface area (Å²) >= 11 is 0. The SMILES string of the molecule is O=C(NCc1ccc(Oc2ccc(F)cc2)cc1)c1ccc(=O)[nH]c1. The molecule has 0 fully saturated rings. The summed E-state index contributed by atoms with van der Waals surface area (Å²) in [6.45, 7) is 0.342. The van der Waals surface area contributed by atoms with Crippen molar-refractivity contribution >= 4 is 5.91 Å². The Hall–Kier alpha value is -3.41. The molecule has 0 aliphatic rings. The van der Waals surface area contributed by atoms with Crippen LogP contribution in [-0.4, -0.2) is 10.9 Å². The van der Waals surface area contributed by atoms with E-state index in [0.717, 1.165) is 5.56 Å². The third kappa shape index (κ3) is 4.54. The maximum absolute atomic E-state index is 12.9. The molecule has 0 unspecified atom stereocenters. The fraction of sp³-hybridized carbons (Fsp3) is 0.0526. The van der Waals surface area contributed by atoms with E-state index in [2.05, 4.69) is 10.3 Å². The number of nitrogens with one attached hydrogen (secondary N) is 2. The Labute approximate surface area is 143 Å². The van der Waals surface area contributed by atoms with Gasteiger partial charge in [-0.1, -0.05) is 12.1 Å². The molecule has 2 N–H and O–H groups in total. The van der Waals surface area contributed by atoms with Crippen molar-refractivity contribution in [2.75, 3.05) is 0 Å². The molecule has 0 spiro atoms. The molecule has 0 aliphatic heterocycles. The maximum Gasteiger partial charge on any atom is 0.253 e. The van der Waals surface area contributed by atoms with Crippen molar-refractivity contribution in [3.8, 4) is 11.5 Å². The fourth-order valence-corrected chi connectivity index (χ4v) is 2.15. The number of carbonyl (C=O) groups is 1. The molecule has 1 amide bonds. The van der Waals surface area contributed by atoms with Gasteiger partial charge in [-0.25, -0.2) is 4.39 Å². The van der Waals surface area contributed by atoms with E-state index in [1.165, 1.54) is 30.5 Å². The van der Waals surface area contributed by atoms with E-state index in [4.69, 9.17) is 4.74 Å². The summed E-state index contributed by atoms with van der Waals surface area (Å²) in [4.78, 5) is 25.4. The Balaban J connectivity index is 1.57. The Bertz CT molecular complexity index is 898. The summed E-state index contributed by atoms with van der Waals surface area (Å²) in [6.07, 6.45) is 1.37. The molecule has 1 aromatic heterocycles. The lowest BCUT2D eigenvalue weighted by atomic mass is 10.2. The van der Waals surface area contributed by atoms with E-state index in [1.807, 2.05) is 12.1 Å². The quantitative estimate of drug-likeness (QED) is 0.750. The number of halogens is 1. The second kappa shape index (κ2) is 7.44. The van der Waals surface area contributed by atoms with Crippen LogP contribution in [0.25, 0.3) is 0 Å². The summed E-state index contributed by atoms with van der Waals surface area (Å²) in [6, 6.07) is 15.7. The van der Waals surface area contributed by atoms with Gasteiger partial charge < -0.3 is 15.0 Å². The van der Waals surface area contributed by atoms with Gasteiger partial charge in [-0.05, 0) is 48.0 Å². The van der Waals surface area contributed by atoms with Crippen molar-refractivity contribution in [2.24, 2.45) is 0 Å². The average molecular weight is 338 g/mol. The number of benzene rings is 2. The van der Waals surface area contributed by atoms with Crippen molar-refractivity contribution < 1.29 is 13.9 Å². The van der Waals surface area contributed by atoms with Crippen LogP contribution in [0.15, 0.2) is 71.7 Å². The van der Waals surface area contributed by atoms with Gasteiger partial charge in [0.05, 0.1) is 5.56 Å². The van der Waals surface area contributed by atoms with Crippen molar-refractivity contribution in [1.82, 2.24) is 10.3 Å². The molecule has 0 bridgehead atoms. The lowest BCUT2D eigenvalue weighted by Gasteiger charge is -2.08. The van der Waals surface area contributed by atoms with Gasteiger partial charge in [0.2, 0.25) is 5.56 Å². The molecule has 0 aliphatic carbocycles. The van der Waals surface area contributed by atoms with Crippen LogP contribution in [-0.2, 0) is 6.54 Å². The summed E-state index contributed by atoms with van der Waals surface area (Å²) in [7, 11) is 0. The van der Waals surface area contributed by atoms with Crippen molar-refractivity contribution in [3.05, 3.63) is 94.2 Å². The van der Waals surface area contributed by atoms with Crippen molar-refractivity contribution in [2.45, 2.75) is 6.54 Å². The highest BCUT2D eigenvalue weighted by Gasteiger charge is 2.05. The lowest BCUT2D eigenvalue weighted by molar-refractivity contribution is 0.0950. The highest BCUT2D eigenvalue weighted by atomic mass is 19.1. The standard InChI is InChI=1S/C19H15FN2O3/c20-15-4-8-17(9-5-15)25-16-6-1-13(2-7-16)11-22-19(24)14-3-10-18(23)21-12-14/h1-10,12H,11H2,(H,21,23)(H,22,24). The fourth-order valence-electron chi connectivity index (χ4n) is 2.15. The maximum atomic E-state index is 12.9. The minimum atomic E-state index is -0.319. The molecule has 1 heterocycles. The first kappa shape index (κ1) is 16.4. The second-order valence-corrected chi connectivity index (χ2v) is 5.32. The van der Waals surface area contributed by atoms with Crippen LogP contribution in [0, 0.1) is 5.82 Å².